The van der Waals surface area contributed by atoms with Gasteiger partial charge in [-0.2, -0.15) is 0 Å². The minimum absolute atomic E-state index is 0.627. The normalized spacial score (nSPS) is 13.9. The van der Waals surface area contributed by atoms with E-state index in [0.717, 1.165) is 23.1 Å². The van der Waals surface area contributed by atoms with E-state index >= 15 is 0 Å². The first-order chi connectivity index (χ1) is 15.5. The molecule has 1 aliphatic carbocycles. The molecule has 3 rings (SSSR count). The van der Waals surface area contributed by atoms with Crippen LogP contribution in [0, 0.1) is 30.6 Å². The Hall–Kier alpha value is -3.22. The van der Waals surface area contributed by atoms with E-state index < -0.39 is 0 Å². The van der Waals surface area contributed by atoms with E-state index in [-0.39, 0.29) is 0 Å². The van der Waals surface area contributed by atoms with E-state index in [1.54, 1.807) is 0 Å². The zero-order valence-electron chi connectivity index (χ0n) is 19.8. The Bertz CT molecular complexity index is 1100. The molecule has 0 bridgehead atoms. The molecule has 1 fully saturated rings. The summed E-state index contributed by atoms with van der Waals surface area (Å²) in [5.41, 5.74) is 8.43. The fourth-order valence-corrected chi connectivity index (χ4v) is 4.07. The van der Waals surface area contributed by atoms with Crippen LogP contribution >= 0.6 is 0 Å². The van der Waals surface area contributed by atoms with Gasteiger partial charge in [-0.1, -0.05) is 91.0 Å². The first-order valence-corrected chi connectivity index (χ1v) is 11.7. The summed E-state index contributed by atoms with van der Waals surface area (Å²) in [6.45, 7) is 10.2. The first kappa shape index (κ1) is 23.4. The highest BCUT2D eigenvalue weighted by molar-refractivity contribution is 5.48. The maximum absolute atomic E-state index is 3.90. The average molecular weight is 419 g/mol. The van der Waals surface area contributed by atoms with Gasteiger partial charge in [0.05, 0.1) is 0 Å². The van der Waals surface area contributed by atoms with Crippen LogP contribution in [0.15, 0.2) is 78.4 Å². The summed E-state index contributed by atoms with van der Waals surface area (Å²) in [5, 5.41) is 0. The van der Waals surface area contributed by atoms with Crippen LogP contribution in [-0.2, 0) is 6.42 Å². The largest absolute Gasteiger partial charge is 0.0978 e. The van der Waals surface area contributed by atoms with Gasteiger partial charge in [0.2, 0.25) is 0 Å². The summed E-state index contributed by atoms with van der Waals surface area (Å²) >= 11 is 0. The van der Waals surface area contributed by atoms with Crippen molar-refractivity contribution >= 4 is 0 Å². The molecule has 0 aliphatic heterocycles. The van der Waals surface area contributed by atoms with Crippen LogP contribution in [0.1, 0.15) is 79.7 Å². The van der Waals surface area contributed by atoms with Crippen molar-refractivity contribution in [3.05, 3.63) is 106 Å². The van der Waals surface area contributed by atoms with E-state index in [1.807, 2.05) is 12.2 Å². The molecule has 0 heteroatoms. The standard InChI is InChI=1S/C32H34/c1-5-27(17-14-25(2)3)10-9-13-31-23-22-29(21-20-28-18-15-26(4)16-19-28)24-32(31)30-11-7-6-8-12-30/h5,14-19,22-24,30H,1,6-8,11-13H2,2-4H3/b27-17+. The van der Waals surface area contributed by atoms with Crippen LogP contribution in [0.5, 0.6) is 0 Å². The Labute approximate surface area is 195 Å². The van der Waals surface area contributed by atoms with Crippen LogP contribution in [0.2, 0.25) is 0 Å². The average Bonchev–Trinajstić information content (AvgIpc) is 2.81. The molecule has 0 N–H and O–H groups in total. The Morgan fingerprint density at radius 2 is 1.62 bits per heavy atom. The Kier molecular flexibility index (Phi) is 8.78. The zero-order chi connectivity index (χ0) is 22.8. The van der Waals surface area contributed by atoms with Gasteiger partial charge >= 0.3 is 0 Å². The molecule has 2 aromatic rings. The molecule has 0 radical (unpaired) electrons. The Morgan fingerprint density at radius 3 is 2.31 bits per heavy atom. The van der Waals surface area contributed by atoms with Crippen LogP contribution in [0.4, 0.5) is 0 Å². The SMILES string of the molecule is C=C/C(C#CCc1ccc(C#Cc2ccc(C)cc2)cc1C1CCCCC1)=C\C=C(C)C. The highest BCUT2D eigenvalue weighted by Crippen LogP contribution is 2.35. The van der Waals surface area contributed by atoms with Gasteiger partial charge in [-0.05, 0) is 81.0 Å². The molecular weight excluding hydrogens is 384 g/mol. The van der Waals surface area contributed by atoms with Crippen LogP contribution in [0.3, 0.4) is 0 Å². The summed E-state index contributed by atoms with van der Waals surface area (Å²) in [6.07, 6.45) is 13.3. The molecule has 2 aromatic carbocycles. The molecule has 0 nitrogen and oxygen atoms in total. The maximum atomic E-state index is 3.90. The van der Waals surface area contributed by atoms with Crippen molar-refractivity contribution in [2.24, 2.45) is 0 Å². The molecule has 0 unspecified atom stereocenters. The summed E-state index contributed by atoms with van der Waals surface area (Å²) in [6, 6.07) is 15.1. The Morgan fingerprint density at radius 1 is 0.938 bits per heavy atom. The molecule has 0 aromatic heterocycles. The molecule has 0 saturated heterocycles. The third kappa shape index (κ3) is 7.18. The van der Waals surface area contributed by atoms with Gasteiger partial charge in [0, 0.05) is 23.1 Å². The quantitative estimate of drug-likeness (QED) is 0.348. The van der Waals surface area contributed by atoms with Gasteiger partial charge in [-0.3, -0.25) is 0 Å². The third-order valence-electron chi connectivity index (χ3n) is 5.92. The highest BCUT2D eigenvalue weighted by Gasteiger charge is 2.18. The van der Waals surface area contributed by atoms with Crippen LogP contribution in [0.25, 0.3) is 0 Å². The second kappa shape index (κ2) is 12.0. The van der Waals surface area contributed by atoms with Gasteiger partial charge in [-0.25, -0.2) is 0 Å². The van der Waals surface area contributed by atoms with Crippen molar-refractivity contribution in [2.75, 3.05) is 0 Å². The summed E-state index contributed by atoms with van der Waals surface area (Å²) in [5.74, 6) is 14.0. The van der Waals surface area contributed by atoms with Gasteiger partial charge in [0.1, 0.15) is 0 Å². The van der Waals surface area contributed by atoms with Gasteiger partial charge in [0.25, 0.3) is 0 Å². The lowest BCUT2D eigenvalue weighted by molar-refractivity contribution is 0.442. The third-order valence-corrected chi connectivity index (χ3v) is 5.92. The molecule has 0 amide bonds. The summed E-state index contributed by atoms with van der Waals surface area (Å²) in [4.78, 5) is 0. The second-order valence-electron chi connectivity index (χ2n) is 8.91. The summed E-state index contributed by atoms with van der Waals surface area (Å²) < 4.78 is 0. The van der Waals surface area contributed by atoms with E-state index in [4.69, 9.17) is 0 Å². The molecule has 0 atom stereocenters. The van der Waals surface area contributed by atoms with E-state index in [9.17, 15) is 0 Å². The number of hydrogen-bond donors (Lipinski definition) is 0. The monoisotopic (exact) mass is 418 g/mol. The fraction of sp³-hybridized carbons (Fsp3) is 0.312. The lowest BCUT2D eigenvalue weighted by Gasteiger charge is -2.24. The number of hydrogen-bond acceptors (Lipinski definition) is 0. The van der Waals surface area contributed by atoms with Crippen molar-refractivity contribution < 1.29 is 0 Å². The van der Waals surface area contributed by atoms with Crippen LogP contribution < -0.4 is 0 Å². The number of benzene rings is 2. The number of rotatable bonds is 4. The van der Waals surface area contributed by atoms with Gasteiger partial charge in [-0.15, -0.1) is 0 Å². The van der Waals surface area contributed by atoms with E-state index in [0.29, 0.717) is 5.92 Å². The van der Waals surface area contributed by atoms with Crippen molar-refractivity contribution in [3.63, 3.8) is 0 Å². The molecule has 1 saturated carbocycles. The topological polar surface area (TPSA) is 0 Å². The van der Waals surface area contributed by atoms with Crippen molar-refractivity contribution in [2.45, 2.75) is 65.2 Å². The molecule has 0 spiro atoms. The predicted octanol–water partition coefficient (Wildman–Crippen LogP) is 8.07. The van der Waals surface area contributed by atoms with Crippen molar-refractivity contribution in [1.82, 2.24) is 0 Å². The molecule has 32 heavy (non-hydrogen) atoms. The van der Waals surface area contributed by atoms with Crippen molar-refractivity contribution in [3.8, 4) is 23.7 Å². The molecule has 1 aliphatic rings. The smallest absolute Gasteiger partial charge is 0.0346 e. The maximum Gasteiger partial charge on any atom is 0.0346 e. The minimum atomic E-state index is 0.627. The van der Waals surface area contributed by atoms with E-state index in [2.05, 4.69) is 99.6 Å². The molecule has 162 valence electrons. The summed E-state index contributed by atoms with van der Waals surface area (Å²) in [7, 11) is 0. The Balaban J connectivity index is 1.87. The number of allylic oxidation sites excluding steroid dienone is 5. The lowest BCUT2D eigenvalue weighted by atomic mass is 9.81. The predicted molar refractivity (Wildman–Crippen MR) is 139 cm³/mol. The van der Waals surface area contributed by atoms with Crippen molar-refractivity contribution in [1.29, 1.82) is 0 Å². The highest BCUT2D eigenvalue weighted by atomic mass is 14.2. The fourth-order valence-electron chi connectivity index (χ4n) is 4.07. The minimum Gasteiger partial charge on any atom is -0.0978 e. The van der Waals surface area contributed by atoms with E-state index in [1.165, 1.54) is 54.4 Å². The zero-order valence-corrected chi connectivity index (χ0v) is 19.8. The second-order valence-corrected chi connectivity index (χ2v) is 8.91. The van der Waals surface area contributed by atoms with Gasteiger partial charge in [0.15, 0.2) is 0 Å². The number of aryl methyl sites for hydroxylation is 1. The lowest BCUT2D eigenvalue weighted by Crippen LogP contribution is -2.07. The van der Waals surface area contributed by atoms with Crippen LogP contribution in [-0.4, -0.2) is 0 Å². The first-order valence-electron chi connectivity index (χ1n) is 11.7. The molecular formula is C32H34. The molecule has 0 heterocycles. The van der Waals surface area contributed by atoms with Gasteiger partial charge < -0.3 is 0 Å².